The first-order chi connectivity index (χ1) is 8.54. The van der Waals surface area contributed by atoms with Gasteiger partial charge in [-0.25, -0.2) is 0 Å². The molecular weight excluding hydrogens is 245 g/mol. The van der Waals surface area contributed by atoms with E-state index in [4.69, 9.17) is 4.74 Å². The van der Waals surface area contributed by atoms with Crippen molar-refractivity contribution in [1.82, 2.24) is 5.32 Å². The first-order valence-electron chi connectivity index (χ1n) is 5.65. The van der Waals surface area contributed by atoms with Crippen molar-refractivity contribution in [3.63, 3.8) is 0 Å². The largest absolute Gasteiger partial charge is 0.416 e. The Morgan fingerprint density at radius 3 is 2.61 bits per heavy atom. The summed E-state index contributed by atoms with van der Waals surface area (Å²) in [5.74, 6) is 0. The number of methoxy groups -OCH3 is 1. The van der Waals surface area contributed by atoms with Crippen LogP contribution in [0.4, 0.5) is 18.9 Å². The average molecular weight is 262 g/mol. The van der Waals surface area contributed by atoms with Gasteiger partial charge in [-0.3, -0.25) is 0 Å². The molecule has 0 fully saturated rings. The fraction of sp³-hybridized carbons (Fsp3) is 0.500. The standard InChI is InChI=1S/C12H17F3N2O/c1-18-8-7-16-5-6-17-11-4-2-3-10(9-11)12(13,14)15/h2-4,9,16-17H,5-8H2,1H3. The molecule has 6 heteroatoms. The maximum Gasteiger partial charge on any atom is 0.416 e. The molecule has 0 heterocycles. The Balaban J connectivity index is 2.34. The first-order valence-corrected chi connectivity index (χ1v) is 5.65. The summed E-state index contributed by atoms with van der Waals surface area (Å²) in [6.07, 6.45) is -4.30. The van der Waals surface area contributed by atoms with Crippen LogP contribution in [0.25, 0.3) is 0 Å². The van der Waals surface area contributed by atoms with Gasteiger partial charge in [-0.2, -0.15) is 13.2 Å². The van der Waals surface area contributed by atoms with E-state index in [2.05, 4.69) is 10.6 Å². The Morgan fingerprint density at radius 2 is 1.94 bits per heavy atom. The van der Waals surface area contributed by atoms with E-state index in [9.17, 15) is 13.2 Å². The van der Waals surface area contributed by atoms with E-state index >= 15 is 0 Å². The van der Waals surface area contributed by atoms with Crippen LogP contribution in [0.1, 0.15) is 5.56 Å². The number of nitrogens with one attached hydrogen (secondary N) is 2. The molecule has 3 nitrogen and oxygen atoms in total. The van der Waals surface area contributed by atoms with Crippen molar-refractivity contribution in [1.29, 1.82) is 0 Å². The minimum Gasteiger partial charge on any atom is -0.384 e. The average Bonchev–Trinajstić information content (AvgIpc) is 2.33. The van der Waals surface area contributed by atoms with Crippen LogP contribution in [-0.2, 0) is 10.9 Å². The predicted molar refractivity (Wildman–Crippen MR) is 64.7 cm³/mol. The predicted octanol–water partition coefficient (Wildman–Crippen LogP) is 2.35. The number of hydrogen-bond acceptors (Lipinski definition) is 3. The van der Waals surface area contributed by atoms with Crippen LogP contribution in [0, 0.1) is 0 Å². The molecule has 0 aliphatic heterocycles. The summed E-state index contributed by atoms with van der Waals surface area (Å²) in [5, 5.41) is 6.02. The number of rotatable bonds is 7. The highest BCUT2D eigenvalue weighted by atomic mass is 19.4. The topological polar surface area (TPSA) is 33.3 Å². The van der Waals surface area contributed by atoms with Crippen LogP contribution in [0.15, 0.2) is 24.3 Å². The van der Waals surface area contributed by atoms with Crippen molar-refractivity contribution < 1.29 is 17.9 Å². The molecule has 18 heavy (non-hydrogen) atoms. The van der Waals surface area contributed by atoms with Crippen LogP contribution in [0.5, 0.6) is 0 Å². The molecule has 0 radical (unpaired) electrons. The van der Waals surface area contributed by atoms with Gasteiger partial charge in [0.15, 0.2) is 0 Å². The number of alkyl halides is 3. The van der Waals surface area contributed by atoms with E-state index in [0.717, 1.165) is 18.7 Å². The molecule has 0 aliphatic rings. The highest BCUT2D eigenvalue weighted by Gasteiger charge is 2.30. The zero-order chi connectivity index (χ0) is 13.4. The summed E-state index contributed by atoms with van der Waals surface area (Å²) in [7, 11) is 1.61. The fourth-order valence-corrected chi connectivity index (χ4v) is 1.40. The van der Waals surface area contributed by atoms with E-state index in [1.807, 2.05) is 0 Å². The normalized spacial score (nSPS) is 11.6. The van der Waals surface area contributed by atoms with Gasteiger partial charge in [-0.1, -0.05) is 6.07 Å². The maximum atomic E-state index is 12.4. The summed E-state index contributed by atoms with van der Waals surface area (Å²) < 4.78 is 42.2. The monoisotopic (exact) mass is 262 g/mol. The fourth-order valence-electron chi connectivity index (χ4n) is 1.40. The zero-order valence-electron chi connectivity index (χ0n) is 10.2. The Labute approximate surface area is 104 Å². The van der Waals surface area contributed by atoms with Crippen LogP contribution < -0.4 is 10.6 Å². The third kappa shape index (κ3) is 5.37. The lowest BCUT2D eigenvalue weighted by Gasteiger charge is -2.11. The molecule has 0 saturated heterocycles. The maximum absolute atomic E-state index is 12.4. The lowest BCUT2D eigenvalue weighted by Crippen LogP contribution is -2.25. The number of hydrogen-bond donors (Lipinski definition) is 2. The van der Waals surface area contributed by atoms with E-state index in [1.165, 1.54) is 6.07 Å². The molecule has 1 rings (SSSR count). The van der Waals surface area contributed by atoms with Gasteiger partial charge in [0.1, 0.15) is 0 Å². The summed E-state index contributed by atoms with van der Waals surface area (Å²) in [5.41, 5.74) is -0.168. The third-order valence-electron chi connectivity index (χ3n) is 2.30. The van der Waals surface area contributed by atoms with Gasteiger partial charge in [-0.05, 0) is 18.2 Å². The van der Waals surface area contributed by atoms with E-state index < -0.39 is 11.7 Å². The van der Waals surface area contributed by atoms with Crippen molar-refractivity contribution in [2.75, 3.05) is 38.7 Å². The lowest BCUT2D eigenvalue weighted by molar-refractivity contribution is -0.137. The molecule has 0 bridgehead atoms. The SMILES string of the molecule is COCCNCCNc1cccc(C(F)(F)F)c1. The third-order valence-corrected chi connectivity index (χ3v) is 2.30. The van der Waals surface area contributed by atoms with Gasteiger partial charge in [0.25, 0.3) is 0 Å². The number of anilines is 1. The highest BCUT2D eigenvalue weighted by molar-refractivity contribution is 5.46. The quantitative estimate of drug-likeness (QED) is 0.740. The van der Waals surface area contributed by atoms with Gasteiger partial charge in [0, 0.05) is 32.4 Å². The Bertz CT molecular complexity index is 355. The number of halogens is 3. The Morgan fingerprint density at radius 1 is 1.17 bits per heavy atom. The first kappa shape index (κ1) is 14.8. The highest BCUT2D eigenvalue weighted by Crippen LogP contribution is 2.30. The van der Waals surface area contributed by atoms with Crippen molar-refractivity contribution in [2.45, 2.75) is 6.18 Å². The zero-order valence-corrected chi connectivity index (χ0v) is 10.2. The second kappa shape index (κ2) is 7.23. The second-order valence-electron chi connectivity index (χ2n) is 3.75. The van der Waals surface area contributed by atoms with Crippen LogP contribution in [0.3, 0.4) is 0 Å². The van der Waals surface area contributed by atoms with Crippen molar-refractivity contribution in [3.05, 3.63) is 29.8 Å². The van der Waals surface area contributed by atoms with Crippen LogP contribution in [-0.4, -0.2) is 33.4 Å². The van der Waals surface area contributed by atoms with E-state index in [0.29, 0.717) is 25.4 Å². The minimum atomic E-state index is -4.30. The number of ether oxygens (including phenoxy) is 1. The molecule has 1 aromatic rings. The summed E-state index contributed by atoms with van der Waals surface area (Å²) in [4.78, 5) is 0. The van der Waals surface area contributed by atoms with E-state index in [-0.39, 0.29) is 0 Å². The van der Waals surface area contributed by atoms with Crippen molar-refractivity contribution in [2.24, 2.45) is 0 Å². The van der Waals surface area contributed by atoms with Crippen molar-refractivity contribution >= 4 is 5.69 Å². The smallest absolute Gasteiger partial charge is 0.384 e. The molecule has 2 N–H and O–H groups in total. The molecule has 0 atom stereocenters. The van der Waals surface area contributed by atoms with Gasteiger partial charge in [0.2, 0.25) is 0 Å². The Hall–Kier alpha value is -1.27. The molecule has 1 aromatic carbocycles. The summed E-state index contributed by atoms with van der Waals surface area (Å²) >= 11 is 0. The molecule has 0 saturated carbocycles. The molecular formula is C12H17F3N2O. The molecule has 102 valence electrons. The van der Waals surface area contributed by atoms with E-state index in [1.54, 1.807) is 13.2 Å². The number of benzene rings is 1. The Kier molecular flexibility index (Phi) is 5.94. The molecule has 0 amide bonds. The van der Waals surface area contributed by atoms with Crippen molar-refractivity contribution in [3.8, 4) is 0 Å². The summed E-state index contributed by atoms with van der Waals surface area (Å²) in [6.45, 7) is 2.56. The van der Waals surface area contributed by atoms with Gasteiger partial charge in [-0.15, -0.1) is 0 Å². The lowest BCUT2D eigenvalue weighted by atomic mass is 10.2. The molecule has 0 aromatic heterocycles. The van der Waals surface area contributed by atoms with Crippen LogP contribution >= 0.6 is 0 Å². The minimum absolute atomic E-state index is 0.471. The molecule has 0 spiro atoms. The van der Waals surface area contributed by atoms with Gasteiger partial charge < -0.3 is 15.4 Å². The van der Waals surface area contributed by atoms with Gasteiger partial charge >= 0.3 is 6.18 Å². The second-order valence-corrected chi connectivity index (χ2v) is 3.75. The molecule has 0 unspecified atom stereocenters. The molecule has 0 aliphatic carbocycles. The summed E-state index contributed by atoms with van der Waals surface area (Å²) in [6, 6.07) is 5.17. The van der Waals surface area contributed by atoms with Gasteiger partial charge in [0.05, 0.1) is 12.2 Å². The van der Waals surface area contributed by atoms with Crippen LogP contribution in [0.2, 0.25) is 0 Å².